The quantitative estimate of drug-likeness (QED) is 0.482. The summed E-state index contributed by atoms with van der Waals surface area (Å²) in [7, 11) is 1.30. The second kappa shape index (κ2) is 4.89. The molecule has 0 aliphatic rings. The number of nitrogens with zero attached hydrogens (tertiary/aromatic N) is 1. The van der Waals surface area contributed by atoms with Gasteiger partial charge in [-0.25, -0.2) is 0 Å². The van der Waals surface area contributed by atoms with E-state index in [9.17, 15) is 19.3 Å². The Bertz CT molecular complexity index is 650. The largest absolute Gasteiger partial charge is 0.496 e. The zero-order chi connectivity index (χ0) is 14.0. The first-order valence-electron chi connectivity index (χ1n) is 5.14. The number of hydrogen-bond donors (Lipinski definition) is 0. The number of carbonyl (C=O) groups excluding carboxylic acids is 1. The van der Waals surface area contributed by atoms with Crippen molar-refractivity contribution in [3.63, 3.8) is 0 Å². The Morgan fingerprint density at radius 2 is 2.16 bits per heavy atom. The van der Waals surface area contributed by atoms with Crippen molar-refractivity contribution in [2.45, 2.75) is 0 Å². The molecule has 0 atom stereocenters. The van der Waals surface area contributed by atoms with E-state index in [4.69, 9.17) is 9.15 Å². The SMILES string of the molecule is COc1cc(F)c([N+](=O)[O-])cc1-c1ccc(C=O)o1. The van der Waals surface area contributed by atoms with Gasteiger partial charge in [0.1, 0.15) is 11.5 Å². The minimum atomic E-state index is -1.01. The predicted molar refractivity (Wildman–Crippen MR) is 62.7 cm³/mol. The van der Waals surface area contributed by atoms with Gasteiger partial charge in [-0.05, 0) is 12.1 Å². The highest BCUT2D eigenvalue weighted by Gasteiger charge is 2.21. The maximum Gasteiger partial charge on any atom is 0.305 e. The lowest BCUT2D eigenvalue weighted by Gasteiger charge is -2.06. The monoisotopic (exact) mass is 265 g/mol. The molecule has 0 saturated heterocycles. The summed E-state index contributed by atoms with van der Waals surface area (Å²) in [5.74, 6) is -0.686. The van der Waals surface area contributed by atoms with Crippen LogP contribution in [-0.2, 0) is 0 Å². The van der Waals surface area contributed by atoms with E-state index < -0.39 is 16.4 Å². The molecule has 0 aliphatic heterocycles. The molecule has 6 nitrogen and oxygen atoms in total. The molecular weight excluding hydrogens is 257 g/mol. The molecule has 19 heavy (non-hydrogen) atoms. The smallest absolute Gasteiger partial charge is 0.305 e. The number of rotatable bonds is 4. The van der Waals surface area contributed by atoms with E-state index in [1.165, 1.54) is 19.2 Å². The van der Waals surface area contributed by atoms with Crippen LogP contribution in [0.3, 0.4) is 0 Å². The van der Waals surface area contributed by atoms with Crippen molar-refractivity contribution < 1.29 is 23.3 Å². The lowest BCUT2D eigenvalue weighted by Crippen LogP contribution is -1.96. The van der Waals surface area contributed by atoms with E-state index in [1.807, 2.05) is 0 Å². The first kappa shape index (κ1) is 12.7. The molecular formula is C12H8FNO5. The zero-order valence-electron chi connectivity index (χ0n) is 9.75. The normalized spacial score (nSPS) is 10.2. The van der Waals surface area contributed by atoms with Gasteiger partial charge < -0.3 is 9.15 Å². The second-order valence-electron chi connectivity index (χ2n) is 3.58. The van der Waals surface area contributed by atoms with Gasteiger partial charge in [-0.1, -0.05) is 0 Å². The van der Waals surface area contributed by atoms with Crippen molar-refractivity contribution in [3.8, 4) is 17.1 Å². The van der Waals surface area contributed by atoms with Crippen LogP contribution in [0, 0.1) is 15.9 Å². The Labute approximate surface area is 106 Å². The van der Waals surface area contributed by atoms with Gasteiger partial charge in [-0.15, -0.1) is 0 Å². The standard InChI is InChI=1S/C12H8FNO5/c1-18-12-5-9(13)10(14(16)17)4-8(12)11-3-2-7(6-15)19-11/h2-6H,1H3. The molecule has 0 bridgehead atoms. The summed E-state index contributed by atoms with van der Waals surface area (Å²) in [6, 6.07) is 4.75. The zero-order valence-corrected chi connectivity index (χ0v) is 9.75. The van der Waals surface area contributed by atoms with Crippen LogP contribution in [0.2, 0.25) is 0 Å². The fourth-order valence-electron chi connectivity index (χ4n) is 1.61. The van der Waals surface area contributed by atoms with Crippen LogP contribution in [0.15, 0.2) is 28.7 Å². The van der Waals surface area contributed by atoms with Crippen LogP contribution in [-0.4, -0.2) is 18.3 Å². The Balaban J connectivity index is 2.63. The highest BCUT2D eigenvalue weighted by atomic mass is 19.1. The van der Waals surface area contributed by atoms with Crippen molar-refractivity contribution in [2.75, 3.05) is 7.11 Å². The molecule has 1 aromatic heterocycles. The molecule has 0 fully saturated rings. The average Bonchev–Trinajstić information content (AvgIpc) is 2.86. The molecule has 2 rings (SSSR count). The number of aldehydes is 1. The molecule has 98 valence electrons. The average molecular weight is 265 g/mol. The van der Waals surface area contributed by atoms with Crippen LogP contribution in [0.1, 0.15) is 10.6 Å². The number of halogens is 1. The summed E-state index contributed by atoms with van der Waals surface area (Å²) in [6.45, 7) is 0. The van der Waals surface area contributed by atoms with Gasteiger partial charge >= 0.3 is 5.69 Å². The van der Waals surface area contributed by atoms with Gasteiger partial charge in [0.05, 0.1) is 17.6 Å². The lowest BCUT2D eigenvalue weighted by atomic mass is 10.1. The summed E-state index contributed by atoms with van der Waals surface area (Å²) in [6.07, 6.45) is 0.494. The van der Waals surface area contributed by atoms with E-state index in [0.29, 0.717) is 6.29 Å². The summed E-state index contributed by atoms with van der Waals surface area (Å²) in [4.78, 5) is 20.4. The van der Waals surface area contributed by atoms with Crippen LogP contribution < -0.4 is 4.74 Å². The first-order chi connectivity index (χ1) is 9.06. The Hall–Kier alpha value is -2.70. The molecule has 0 aliphatic carbocycles. The van der Waals surface area contributed by atoms with E-state index in [2.05, 4.69) is 0 Å². The van der Waals surface area contributed by atoms with Crippen LogP contribution in [0.4, 0.5) is 10.1 Å². The van der Waals surface area contributed by atoms with Gasteiger partial charge in [0, 0.05) is 12.1 Å². The van der Waals surface area contributed by atoms with Crippen molar-refractivity contribution in [1.82, 2.24) is 0 Å². The van der Waals surface area contributed by atoms with E-state index in [1.54, 1.807) is 0 Å². The van der Waals surface area contributed by atoms with Crippen molar-refractivity contribution in [1.29, 1.82) is 0 Å². The summed E-state index contributed by atoms with van der Waals surface area (Å²) >= 11 is 0. The maximum absolute atomic E-state index is 13.4. The number of methoxy groups -OCH3 is 1. The van der Waals surface area contributed by atoms with Crippen molar-refractivity contribution in [2.24, 2.45) is 0 Å². The van der Waals surface area contributed by atoms with Gasteiger partial charge in [0.25, 0.3) is 0 Å². The minimum Gasteiger partial charge on any atom is -0.496 e. The number of furan rings is 1. The Morgan fingerprint density at radius 3 is 2.68 bits per heavy atom. The van der Waals surface area contributed by atoms with Gasteiger partial charge in [0.15, 0.2) is 12.0 Å². The molecule has 1 heterocycles. The van der Waals surface area contributed by atoms with Gasteiger partial charge in [0.2, 0.25) is 5.82 Å². The summed E-state index contributed by atoms with van der Waals surface area (Å²) in [5.41, 5.74) is -0.497. The highest BCUT2D eigenvalue weighted by molar-refractivity contribution is 5.75. The molecule has 0 unspecified atom stereocenters. The second-order valence-corrected chi connectivity index (χ2v) is 3.58. The van der Waals surface area contributed by atoms with E-state index in [-0.39, 0.29) is 22.8 Å². The molecule has 0 radical (unpaired) electrons. The third kappa shape index (κ3) is 2.30. The number of hydrogen-bond acceptors (Lipinski definition) is 5. The molecule has 1 aromatic carbocycles. The number of carbonyl (C=O) groups is 1. The minimum absolute atomic E-state index is 0.0593. The summed E-state index contributed by atoms with van der Waals surface area (Å²) in [5, 5.41) is 10.7. The predicted octanol–water partition coefficient (Wildman–Crippen LogP) is 2.82. The third-order valence-corrected chi connectivity index (χ3v) is 2.47. The van der Waals surface area contributed by atoms with Gasteiger partial charge in [-0.3, -0.25) is 14.9 Å². The first-order valence-corrected chi connectivity index (χ1v) is 5.14. The third-order valence-electron chi connectivity index (χ3n) is 2.47. The molecule has 0 saturated carbocycles. The molecule has 0 N–H and O–H groups in total. The summed E-state index contributed by atoms with van der Waals surface area (Å²) < 4.78 is 23.5. The molecule has 7 heteroatoms. The number of nitro benzene ring substituents is 1. The number of ether oxygens (including phenoxy) is 1. The van der Waals surface area contributed by atoms with E-state index >= 15 is 0 Å². The van der Waals surface area contributed by atoms with Crippen LogP contribution >= 0.6 is 0 Å². The van der Waals surface area contributed by atoms with Gasteiger partial charge in [-0.2, -0.15) is 4.39 Å². The van der Waals surface area contributed by atoms with Crippen molar-refractivity contribution in [3.05, 3.63) is 46.0 Å². The fraction of sp³-hybridized carbons (Fsp3) is 0.0833. The Kier molecular flexibility index (Phi) is 3.28. The molecule has 0 spiro atoms. The van der Waals surface area contributed by atoms with Crippen LogP contribution in [0.25, 0.3) is 11.3 Å². The number of benzene rings is 1. The maximum atomic E-state index is 13.4. The fourth-order valence-corrected chi connectivity index (χ4v) is 1.61. The topological polar surface area (TPSA) is 82.6 Å². The molecule has 0 amide bonds. The van der Waals surface area contributed by atoms with Crippen LogP contribution in [0.5, 0.6) is 5.75 Å². The Morgan fingerprint density at radius 1 is 1.42 bits per heavy atom. The number of nitro groups is 1. The highest BCUT2D eigenvalue weighted by Crippen LogP contribution is 2.35. The van der Waals surface area contributed by atoms with E-state index in [0.717, 1.165) is 12.1 Å². The lowest BCUT2D eigenvalue weighted by molar-refractivity contribution is -0.387. The molecule has 2 aromatic rings. The van der Waals surface area contributed by atoms with Crippen molar-refractivity contribution >= 4 is 12.0 Å².